The van der Waals surface area contributed by atoms with Gasteiger partial charge in [-0.3, -0.25) is 4.79 Å². The molecule has 0 aromatic carbocycles. The van der Waals surface area contributed by atoms with Crippen LogP contribution in [0.25, 0.3) is 0 Å². The van der Waals surface area contributed by atoms with E-state index in [4.69, 9.17) is 9.84 Å². The van der Waals surface area contributed by atoms with Crippen LogP contribution in [-0.2, 0) is 19.4 Å². The highest BCUT2D eigenvalue weighted by atomic mass is 32.2. The molecule has 1 fully saturated rings. The number of aliphatic carboxylic acids is 1. The first-order valence-corrected chi connectivity index (χ1v) is 7.66. The van der Waals surface area contributed by atoms with Gasteiger partial charge in [0.05, 0.1) is 11.7 Å². The minimum atomic E-state index is -3.27. The molecule has 0 bridgehead atoms. The summed E-state index contributed by atoms with van der Waals surface area (Å²) in [5.41, 5.74) is 0. The van der Waals surface area contributed by atoms with Crippen LogP contribution in [0.15, 0.2) is 0 Å². The first-order chi connectivity index (χ1) is 7.88. The van der Waals surface area contributed by atoms with E-state index >= 15 is 0 Å². The normalized spacial score (nSPS) is 20.1. The lowest BCUT2D eigenvalue weighted by atomic mass is 10.1. The molecule has 0 amide bonds. The number of nitrogens with one attached hydrogen (secondary N) is 1. The smallest absolute Gasteiger partial charge is 0.308 e. The Labute approximate surface area is 101 Å². The third-order valence-corrected chi connectivity index (χ3v) is 3.74. The second-order valence-electron chi connectivity index (χ2n) is 4.42. The average molecular weight is 265 g/mol. The van der Waals surface area contributed by atoms with Gasteiger partial charge < -0.3 is 15.2 Å². The summed E-state index contributed by atoms with van der Waals surface area (Å²) in [4.78, 5) is 10.9. The first-order valence-electron chi connectivity index (χ1n) is 5.60. The third kappa shape index (κ3) is 5.99. The van der Waals surface area contributed by atoms with Gasteiger partial charge >= 0.3 is 5.97 Å². The molecule has 1 heterocycles. The highest BCUT2D eigenvalue weighted by Crippen LogP contribution is 2.08. The predicted molar refractivity (Wildman–Crippen MR) is 62.7 cm³/mol. The highest BCUT2D eigenvalue weighted by molar-refractivity contribution is 7.90. The topological polar surface area (TPSA) is 92.7 Å². The Bertz CT molecular complexity index is 348. The molecule has 17 heavy (non-hydrogen) atoms. The molecule has 7 heteroatoms. The number of carbonyl (C=O) groups is 1. The van der Waals surface area contributed by atoms with E-state index < -0.39 is 21.7 Å². The molecule has 0 saturated carbocycles. The maximum absolute atomic E-state index is 11.1. The second-order valence-corrected chi connectivity index (χ2v) is 6.61. The molecule has 0 spiro atoms. The summed E-state index contributed by atoms with van der Waals surface area (Å²) in [6.45, 7) is 1.52. The molecule has 1 saturated heterocycles. The SMILES string of the molecule is CS(=O)(=O)CC(CNC1CCOCC1)C(=O)O. The molecule has 0 aromatic heterocycles. The summed E-state index contributed by atoms with van der Waals surface area (Å²) in [5, 5.41) is 12.0. The summed E-state index contributed by atoms with van der Waals surface area (Å²) in [7, 11) is -3.27. The van der Waals surface area contributed by atoms with Gasteiger partial charge in [-0.05, 0) is 12.8 Å². The molecule has 6 nitrogen and oxygen atoms in total. The van der Waals surface area contributed by atoms with Crippen LogP contribution in [0, 0.1) is 5.92 Å². The largest absolute Gasteiger partial charge is 0.481 e. The zero-order valence-electron chi connectivity index (χ0n) is 9.89. The first kappa shape index (κ1) is 14.4. The monoisotopic (exact) mass is 265 g/mol. The van der Waals surface area contributed by atoms with Crippen LogP contribution in [-0.4, -0.2) is 57.3 Å². The fraction of sp³-hybridized carbons (Fsp3) is 0.900. The number of ether oxygens (including phenoxy) is 1. The second kappa shape index (κ2) is 6.32. The zero-order valence-corrected chi connectivity index (χ0v) is 10.7. The fourth-order valence-corrected chi connectivity index (χ4v) is 2.78. The molecule has 1 aliphatic rings. The zero-order chi connectivity index (χ0) is 12.9. The van der Waals surface area contributed by atoms with E-state index in [1.54, 1.807) is 0 Å². The van der Waals surface area contributed by atoms with E-state index in [0.29, 0.717) is 13.2 Å². The molecule has 1 aliphatic heterocycles. The lowest BCUT2D eigenvalue weighted by Gasteiger charge is -2.24. The molecule has 1 unspecified atom stereocenters. The number of rotatable bonds is 6. The van der Waals surface area contributed by atoms with Crippen molar-refractivity contribution in [1.82, 2.24) is 5.32 Å². The molecular formula is C10H19NO5S. The molecule has 1 atom stereocenters. The highest BCUT2D eigenvalue weighted by Gasteiger charge is 2.24. The summed E-state index contributed by atoms with van der Waals surface area (Å²) in [5.74, 6) is -2.28. The van der Waals surface area contributed by atoms with Crippen molar-refractivity contribution in [2.45, 2.75) is 18.9 Å². The lowest BCUT2D eigenvalue weighted by Crippen LogP contribution is -2.41. The van der Waals surface area contributed by atoms with Crippen molar-refractivity contribution in [2.24, 2.45) is 5.92 Å². The van der Waals surface area contributed by atoms with Crippen molar-refractivity contribution in [3.63, 3.8) is 0 Å². The maximum atomic E-state index is 11.1. The number of carboxylic acids is 1. The van der Waals surface area contributed by atoms with Gasteiger partial charge in [0.2, 0.25) is 0 Å². The average Bonchev–Trinajstić information content (AvgIpc) is 2.24. The number of hydrogen-bond donors (Lipinski definition) is 2. The Balaban J connectivity index is 2.41. The Morgan fingerprint density at radius 2 is 2.06 bits per heavy atom. The Hall–Kier alpha value is -0.660. The van der Waals surface area contributed by atoms with E-state index in [2.05, 4.69) is 5.32 Å². The van der Waals surface area contributed by atoms with Crippen LogP contribution < -0.4 is 5.32 Å². The van der Waals surface area contributed by atoms with Crippen LogP contribution in [0.4, 0.5) is 0 Å². The van der Waals surface area contributed by atoms with Crippen molar-refractivity contribution in [3.05, 3.63) is 0 Å². The minimum absolute atomic E-state index is 0.188. The van der Waals surface area contributed by atoms with E-state index in [-0.39, 0.29) is 18.3 Å². The Morgan fingerprint density at radius 3 is 2.53 bits per heavy atom. The van der Waals surface area contributed by atoms with Crippen molar-refractivity contribution in [1.29, 1.82) is 0 Å². The van der Waals surface area contributed by atoms with Crippen molar-refractivity contribution >= 4 is 15.8 Å². The van der Waals surface area contributed by atoms with Gasteiger partial charge in [-0.1, -0.05) is 0 Å². The molecule has 0 aromatic rings. The van der Waals surface area contributed by atoms with Gasteiger partial charge in [0.15, 0.2) is 0 Å². The standard InChI is InChI=1S/C10H19NO5S/c1-17(14,15)7-8(10(12)13)6-11-9-2-4-16-5-3-9/h8-9,11H,2-7H2,1H3,(H,12,13). The van der Waals surface area contributed by atoms with Crippen LogP contribution in [0.3, 0.4) is 0 Å². The predicted octanol–water partition coefficient (Wildman–Crippen LogP) is -0.500. The maximum Gasteiger partial charge on any atom is 0.308 e. The Morgan fingerprint density at radius 1 is 1.47 bits per heavy atom. The van der Waals surface area contributed by atoms with E-state index in [9.17, 15) is 13.2 Å². The van der Waals surface area contributed by atoms with Gasteiger partial charge in [-0.2, -0.15) is 0 Å². The minimum Gasteiger partial charge on any atom is -0.481 e. The summed E-state index contributed by atoms with van der Waals surface area (Å²) < 4.78 is 27.4. The van der Waals surface area contributed by atoms with Crippen LogP contribution >= 0.6 is 0 Å². The van der Waals surface area contributed by atoms with Gasteiger partial charge in [0, 0.05) is 32.1 Å². The van der Waals surface area contributed by atoms with Crippen LogP contribution in [0.2, 0.25) is 0 Å². The lowest BCUT2D eigenvalue weighted by molar-refractivity contribution is -0.140. The van der Waals surface area contributed by atoms with E-state index in [1.165, 1.54) is 0 Å². The summed E-state index contributed by atoms with van der Waals surface area (Å²) >= 11 is 0. The quantitative estimate of drug-likeness (QED) is 0.672. The number of carboxylic acid groups (broad SMARTS) is 1. The summed E-state index contributed by atoms with van der Waals surface area (Å²) in [6, 6.07) is 0.227. The van der Waals surface area contributed by atoms with Crippen molar-refractivity contribution < 1.29 is 23.1 Å². The van der Waals surface area contributed by atoms with Gasteiger partial charge in [0.1, 0.15) is 9.84 Å². The van der Waals surface area contributed by atoms with E-state index in [0.717, 1.165) is 19.1 Å². The molecule has 0 radical (unpaired) electrons. The van der Waals surface area contributed by atoms with Crippen LogP contribution in [0.5, 0.6) is 0 Å². The molecule has 1 rings (SSSR count). The number of sulfone groups is 1. The van der Waals surface area contributed by atoms with Crippen molar-refractivity contribution in [3.8, 4) is 0 Å². The molecule has 0 aliphatic carbocycles. The summed E-state index contributed by atoms with van der Waals surface area (Å²) in [6.07, 6.45) is 2.73. The molecule has 2 N–H and O–H groups in total. The van der Waals surface area contributed by atoms with Gasteiger partial charge in [-0.15, -0.1) is 0 Å². The van der Waals surface area contributed by atoms with Crippen molar-refractivity contribution in [2.75, 3.05) is 31.8 Å². The third-order valence-electron chi connectivity index (χ3n) is 2.73. The Kier molecular flexibility index (Phi) is 5.35. The fourth-order valence-electron chi connectivity index (χ4n) is 1.79. The molecular weight excluding hydrogens is 246 g/mol. The van der Waals surface area contributed by atoms with Crippen LogP contribution in [0.1, 0.15) is 12.8 Å². The number of hydrogen-bond acceptors (Lipinski definition) is 5. The molecule has 100 valence electrons. The van der Waals surface area contributed by atoms with E-state index in [1.807, 2.05) is 0 Å². The van der Waals surface area contributed by atoms with Gasteiger partial charge in [0.25, 0.3) is 0 Å². The van der Waals surface area contributed by atoms with Gasteiger partial charge in [-0.25, -0.2) is 8.42 Å².